The third-order valence-electron chi connectivity index (χ3n) is 4.81. The van der Waals surface area contributed by atoms with Crippen LogP contribution in [0.1, 0.15) is 37.7 Å². The van der Waals surface area contributed by atoms with Crippen LogP contribution in [0.3, 0.4) is 0 Å². The smallest absolute Gasteiger partial charge is 0.263 e. The van der Waals surface area contributed by atoms with Crippen LogP contribution < -0.4 is 5.32 Å². The van der Waals surface area contributed by atoms with E-state index in [1.165, 1.54) is 36.4 Å². The number of nitrogens with one attached hydrogen (secondary N) is 1. The van der Waals surface area contributed by atoms with Crippen LogP contribution in [0.2, 0.25) is 0 Å². The third-order valence-corrected chi connectivity index (χ3v) is 7.33. The zero-order chi connectivity index (χ0) is 18.8. The van der Waals surface area contributed by atoms with Gasteiger partial charge in [-0.3, -0.25) is 4.79 Å². The Bertz CT molecular complexity index is 875. The van der Waals surface area contributed by atoms with Crippen molar-refractivity contribution in [3.05, 3.63) is 60.2 Å². The van der Waals surface area contributed by atoms with Crippen LogP contribution in [0.25, 0.3) is 0 Å². The van der Waals surface area contributed by atoms with E-state index in [0.717, 1.165) is 0 Å². The lowest BCUT2D eigenvalue weighted by Gasteiger charge is -2.27. The van der Waals surface area contributed by atoms with E-state index in [0.29, 0.717) is 18.5 Å². The van der Waals surface area contributed by atoms with Crippen LogP contribution in [0.5, 0.6) is 0 Å². The number of carbonyl (C=O) groups is 1. The fraction of sp³-hybridized carbons (Fsp3) is 0.316. The summed E-state index contributed by atoms with van der Waals surface area (Å²) in [5.74, 6) is -0.608. The van der Waals surface area contributed by atoms with E-state index >= 15 is 0 Å². The molecule has 1 aliphatic rings. The Morgan fingerprint density at radius 1 is 0.962 bits per heavy atom. The number of amides is 1. The van der Waals surface area contributed by atoms with Gasteiger partial charge >= 0.3 is 0 Å². The molecule has 1 N–H and O–H groups in total. The molecule has 0 unspecified atom stereocenters. The first-order valence-corrected chi connectivity index (χ1v) is 9.84. The molecule has 0 saturated heterocycles. The molecule has 4 nitrogen and oxygen atoms in total. The van der Waals surface area contributed by atoms with Crippen molar-refractivity contribution in [3.8, 4) is 0 Å². The topological polar surface area (TPSA) is 63.2 Å². The van der Waals surface area contributed by atoms with E-state index in [9.17, 15) is 22.0 Å². The van der Waals surface area contributed by atoms with E-state index in [1.54, 1.807) is 18.2 Å². The fourth-order valence-corrected chi connectivity index (χ4v) is 5.43. The number of halogens is 2. The molecule has 1 saturated carbocycles. The molecule has 26 heavy (non-hydrogen) atoms. The summed E-state index contributed by atoms with van der Waals surface area (Å²) in [6.07, 6.45) is -0.830. The first-order valence-electron chi connectivity index (χ1n) is 8.36. The van der Waals surface area contributed by atoms with Crippen molar-refractivity contribution in [2.45, 2.75) is 41.8 Å². The van der Waals surface area contributed by atoms with Crippen molar-refractivity contribution in [2.75, 3.05) is 5.32 Å². The first-order chi connectivity index (χ1) is 12.4. The van der Waals surface area contributed by atoms with Gasteiger partial charge in [-0.25, -0.2) is 17.2 Å². The predicted octanol–water partition coefficient (Wildman–Crippen LogP) is 4.35. The maximum atomic E-state index is 13.2. The van der Waals surface area contributed by atoms with Crippen LogP contribution in [-0.4, -0.2) is 19.1 Å². The summed E-state index contributed by atoms with van der Waals surface area (Å²) < 4.78 is 50.1. The van der Waals surface area contributed by atoms with Gasteiger partial charge in [0.15, 0.2) is 14.6 Å². The second-order valence-corrected chi connectivity index (χ2v) is 8.65. The van der Waals surface area contributed by atoms with Gasteiger partial charge in [0, 0.05) is 11.3 Å². The van der Waals surface area contributed by atoms with Crippen LogP contribution in [-0.2, 0) is 14.6 Å². The summed E-state index contributed by atoms with van der Waals surface area (Å²) in [5.41, 5.74) is 0.143. The second kappa shape index (κ2) is 7.15. The molecule has 3 rings (SSSR count). The summed E-state index contributed by atoms with van der Waals surface area (Å²) in [4.78, 5) is 13.1. The van der Waals surface area contributed by atoms with E-state index in [1.807, 2.05) is 0 Å². The Hall–Kier alpha value is -2.28. The molecular formula is C19H19F2NO3S. The Balaban J connectivity index is 1.91. The number of hydrogen-bond acceptors (Lipinski definition) is 3. The molecule has 0 atom stereocenters. The molecule has 0 aromatic heterocycles. The number of rotatable bonds is 5. The maximum absolute atomic E-state index is 13.2. The predicted molar refractivity (Wildman–Crippen MR) is 94.9 cm³/mol. The lowest BCUT2D eigenvalue weighted by Crippen LogP contribution is -2.47. The van der Waals surface area contributed by atoms with Gasteiger partial charge in [0.25, 0.3) is 6.43 Å². The number of benzene rings is 2. The normalized spacial score (nSPS) is 16.6. The molecule has 2 aromatic rings. The zero-order valence-corrected chi connectivity index (χ0v) is 14.8. The van der Waals surface area contributed by atoms with Gasteiger partial charge in [-0.15, -0.1) is 0 Å². The summed E-state index contributed by atoms with van der Waals surface area (Å²) in [7, 11) is -3.87. The minimum absolute atomic E-state index is 0.116. The largest absolute Gasteiger partial charge is 0.325 e. The Morgan fingerprint density at radius 3 is 2.08 bits per heavy atom. The van der Waals surface area contributed by atoms with E-state index < -0.39 is 26.9 Å². The molecule has 138 valence electrons. The molecule has 0 aliphatic heterocycles. The standard InChI is InChI=1S/C19H19F2NO3S/c20-17(21)14-8-10-15(11-9-14)22-18(23)19(12-4-5-13-19)26(24,25)16-6-2-1-3-7-16/h1-3,6-11,17H,4-5,12-13H2,(H,22,23). The molecule has 7 heteroatoms. The van der Waals surface area contributed by atoms with Crippen molar-refractivity contribution in [3.63, 3.8) is 0 Å². The van der Waals surface area contributed by atoms with Crippen molar-refractivity contribution in [1.29, 1.82) is 0 Å². The van der Waals surface area contributed by atoms with Crippen LogP contribution in [0.15, 0.2) is 59.5 Å². The highest BCUT2D eigenvalue weighted by Gasteiger charge is 2.52. The molecule has 2 aromatic carbocycles. The van der Waals surface area contributed by atoms with Crippen molar-refractivity contribution < 1.29 is 22.0 Å². The maximum Gasteiger partial charge on any atom is 0.263 e. The minimum atomic E-state index is -3.87. The van der Waals surface area contributed by atoms with Gasteiger partial charge in [0.05, 0.1) is 4.90 Å². The molecule has 1 amide bonds. The number of alkyl halides is 2. The molecule has 1 aliphatic carbocycles. The Kier molecular flexibility index (Phi) is 5.09. The van der Waals surface area contributed by atoms with Crippen molar-refractivity contribution >= 4 is 21.4 Å². The lowest BCUT2D eigenvalue weighted by molar-refractivity contribution is -0.118. The van der Waals surface area contributed by atoms with E-state index in [2.05, 4.69) is 5.32 Å². The number of anilines is 1. The quantitative estimate of drug-likeness (QED) is 0.840. The molecule has 0 spiro atoms. The molecule has 1 fully saturated rings. The average molecular weight is 379 g/mol. The van der Waals surface area contributed by atoms with Crippen LogP contribution >= 0.6 is 0 Å². The molecular weight excluding hydrogens is 360 g/mol. The van der Waals surface area contributed by atoms with Crippen molar-refractivity contribution in [1.82, 2.24) is 0 Å². The Labute approximate surface area is 151 Å². The molecule has 0 radical (unpaired) electrons. The second-order valence-electron chi connectivity index (χ2n) is 6.39. The summed E-state index contributed by atoms with van der Waals surface area (Å²) in [6.45, 7) is 0. The van der Waals surface area contributed by atoms with Gasteiger partial charge in [-0.05, 0) is 37.1 Å². The molecule has 0 bridgehead atoms. The zero-order valence-electron chi connectivity index (χ0n) is 14.0. The molecule has 0 heterocycles. The SMILES string of the molecule is O=C(Nc1ccc(C(F)F)cc1)C1(S(=O)(=O)c2ccccc2)CCCC1. The van der Waals surface area contributed by atoms with Crippen molar-refractivity contribution in [2.24, 2.45) is 0 Å². The van der Waals surface area contributed by atoms with Gasteiger partial charge in [-0.1, -0.05) is 43.2 Å². The van der Waals surface area contributed by atoms with E-state index in [-0.39, 0.29) is 23.3 Å². The average Bonchev–Trinajstić information content (AvgIpc) is 3.15. The summed E-state index contributed by atoms with van der Waals surface area (Å²) in [5, 5.41) is 2.60. The van der Waals surface area contributed by atoms with Gasteiger partial charge < -0.3 is 5.32 Å². The fourth-order valence-electron chi connectivity index (χ4n) is 3.35. The monoisotopic (exact) mass is 379 g/mol. The highest BCUT2D eigenvalue weighted by atomic mass is 32.2. The van der Waals surface area contributed by atoms with Crippen LogP contribution in [0, 0.1) is 0 Å². The highest BCUT2D eigenvalue weighted by molar-refractivity contribution is 7.93. The third kappa shape index (κ3) is 3.23. The highest BCUT2D eigenvalue weighted by Crippen LogP contribution is 2.41. The van der Waals surface area contributed by atoms with Gasteiger partial charge in [-0.2, -0.15) is 0 Å². The Morgan fingerprint density at radius 2 is 1.54 bits per heavy atom. The van der Waals surface area contributed by atoms with Gasteiger partial charge in [0.2, 0.25) is 5.91 Å². The summed E-state index contributed by atoms with van der Waals surface area (Å²) in [6, 6.07) is 13.1. The number of sulfone groups is 1. The van der Waals surface area contributed by atoms with Gasteiger partial charge in [0.1, 0.15) is 0 Å². The van der Waals surface area contributed by atoms with Crippen LogP contribution in [0.4, 0.5) is 14.5 Å². The lowest BCUT2D eigenvalue weighted by atomic mass is 10.1. The number of carbonyl (C=O) groups excluding carboxylic acids is 1. The first kappa shape index (κ1) is 18.5. The van der Waals surface area contributed by atoms with E-state index in [4.69, 9.17) is 0 Å². The summed E-state index contributed by atoms with van der Waals surface area (Å²) >= 11 is 0. The number of hydrogen-bond donors (Lipinski definition) is 1. The minimum Gasteiger partial charge on any atom is -0.325 e.